The van der Waals surface area contributed by atoms with Crippen molar-refractivity contribution in [1.29, 1.82) is 0 Å². The highest BCUT2D eigenvalue weighted by Gasteiger charge is 2.44. The lowest BCUT2D eigenvalue weighted by Crippen LogP contribution is -2.53. The lowest BCUT2D eigenvalue weighted by molar-refractivity contribution is -0.147. The van der Waals surface area contributed by atoms with Gasteiger partial charge < -0.3 is 20.1 Å². The summed E-state index contributed by atoms with van der Waals surface area (Å²) >= 11 is 0. The molecule has 5 rings (SSSR count). The number of amides is 1. The number of likely N-dealkylation sites (tertiary alicyclic amines) is 2. The lowest BCUT2D eigenvalue weighted by Gasteiger charge is -2.45. The van der Waals surface area contributed by atoms with Gasteiger partial charge in [-0.3, -0.25) is 9.69 Å². The van der Waals surface area contributed by atoms with Crippen LogP contribution in [-0.4, -0.2) is 77.7 Å². The van der Waals surface area contributed by atoms with Crippen LogP contribution < -0.4 is 5.73 Å². The fourth-order valence-corrected chi connectivity index (χ4v) is 5.74. The van der Waals surface area contributed by atoms with E-state index in [0.29, 0.717) is 24.5 Å². The molecule has 3 saturated heterocycles. The molecule has 2 N–H and O–H groups in total. The summed E-state index contributed by atoms with van der Waals surface area (Å²) < 4.78 is 11.8. The van der Waals surface area contributed by atoms with E-state index in [1.54, 1.807) is 0 Å². The van der Waals surface area contributed by atoms with Gasteiger partial charge in [-0.1, -0.05) is 0 Å². The fraction of sp³-hybridized carbons (Fsp3) is 0.773. The lowest BCUT2D eigenvalue weighted by atomic mass is 9.82. The Bertz CT molecular complexity index is 774. The highest BCUT2D eigenvalue weighted by atomic mass is 16.5. The molecule has 30 heavy (non-hydrogen) atoms. The molecule has 5 heterocycles. The molecule has 0 aromatic carbocycles. The molecule has 8 nitrogen and oxygen atoms in total. The smallest absolute Gasteiger partial charge is 0.226 e. The van der Waals surface area contributed by atoms with E-state index in [2.05, 4.69) is 19.8 Å². The molecule has 1 unspecified atom stereocenters. The van der Waals surface area contributed by atoms with Crippen LogP contribution >= 0.6 is 0 Å². The van der Waals surface area contributed by atoms with Gasteiger partial charge in [-0.15, -0.1) is 0 Å². The molecule has 3 fully saturated rings. The number of nitrogen functional groups attached to an aromatic ring is 1. The molecule has 1 aromatic heterocycles. The number of ether oxygens (including phenoxy) is 2. The van der Waals surface area contributed by atoms with Crippen LogP contribution in [-0.2, 0) is 26.3 Å². The number of carbonyl (C=O) groups excluding carboxylic acids is 1. The van der Waals surface area contributed by atoms with Gasteiger partial charge in [0.1, 0.15) is 5.60 Å². The topological polar surface area (TPSA) is 93.8 Å². The van der Waals surface area contributed by atoms with Crippen molar-refractivity contribution in [3.05, 3.63) is 17.5 Å². The Kier molecular flexibility index (Phi) is 5.64. The van der Waals surface area contributed by atoms with Crippen LogP contribution in [0.25, 0.3) is 0 Å². The Balaban J connectivity index is 1.23. The second-order valence-corrected chi connectivity index (χ2v) is 9.20. The number of aromatic nitrogens is 2. The molecule has 0 bridgehead atoms. The average molecular weight is 416 g/mol. The van der Waals surface area contributed by atoms with Crippen LogP contribution in [0.4, 0.5) is 5.95 Å². The summed E-state index contributed by atoms with van der Waals surface area (Å²) in [4.78, 5) is 26.6. The number of hydrogen-bond donors (Lipinski definition) is 1. The number of rotatable bonds is 2. The number of anilines is 1. The van der Waals surface area contributed by atoms with Crippen LogP contribution in [0.5, 0.6) is 0 Å². The zero-order chi connectivity index (χ0) is 20.6. The Morgan fingerprint density at radius 1 is 1.13 bits per heavy atom. The third-order valence-corrected chi connectivity index (χ3v) is 7.46. The van der Waals surface area contributed by atoms with E-state index in [1.165, 1.54) is 0 Å². The van der Waals surface area contributed by atoms with Crippen molar-refractivity contribution in [2.24, 2.45) is 5.92 Å². The molecular formula is C22H33N5O3. The first-order chi connectivity index (χ1) is 14.6. The Morgan fingerprint density at radius 3 is 2.73 bits per heavy atom. The van der Waals surface area contributed by atoms with Gasteiger partial charge in [-0.2, -0.15) is 0 Å². The van der Waals surface area contributed by atoms with E-state index < -0.39 is 5.60 Å². The van der Waals surface area contributed by atoms with Crippen LogP contribution in [0.3, 0.4) is 0 Å². The quantitative estimate of drug-likeness (QED) is 0.779. The fourth-order valence-electron chi connectivity index (χ4n) is 5.74. The highest BCUT2D eigenvalue weighted by molar-refractivity contribution is 5.79. The molecule has 1 spiro atoms. The van der Waals surface area contributed by atoms with E-state index in [9.17, 15) is 4.79 Å². The average Bonchev–Trinajstić information content (AvgIpc) is 2.80. The molecule has 0 aliphatic carbocycles. The van der Waals surface area contributed by atoms with Gasteiger partial charge >= 0.3 is 0 Å². The first-order valence-electron chi connectivity index (χ1n) is 11.5. The number of nitrogens with two attached hydrogens (primary N) is 1. The molecule has 1 atom stereocenters. The summed E-state index contributed by atoms with van der Waals surface area (Å²) in [5, 5.41) is 0. The number of carbonyl (C=O) groups is 1. The number of piperidine rings is 2. The van der Waals surface area contributed by atoms with E-state index in [-0.39, 0.29) is 5.92 Å². The van der Waals surface area contributed by atoms with Gasteiger partial charge in [0.05, 0.1) is 18.2 Å². The third kappa shape index (κ3) is 3.81. The van der Waals surface area contributed by atoms with Crippen molar-refractivity contribution in [3.8, 4) is 0 Å². The molecule has 164 valence electrons. The van der Waals surface area contributed by atoms with Crippen molar-refractivity contribution >= 4 is 11.9 Å². The monoisotopic (exact) mass is 415 g/mol. The molecule has 4 aliphatic rings. The van der Waals surface area contributed by atoms with Crippen molar-refractivity contribution < 1.29 is 14.3 Å². The van der Waals surface area contributed by atoms with Gasteiger partial charge in [-0.25, -0.2) is 9.97 Å². The minimum absolute atomic E-state index is 0.119. The summed E-state index contributed by atoms with van der Waals surface area (Å²) in [6.45, 7) is 5.83. The predicted molar refractivity (Wildman–Crippen MR) is 112 cm³/mol. The number of fused-ring (bicyclic) bond motifs is 2. The maximum atomic E-state index is 13.3. The van der Waals surface area contributed by atoms with Crippen molar-refractivity contribution in [2.75, 3.05) is 51.7 Å². The van der Waals surface area contributed by atoms with Crippen molar-refractivity contribution in [3.63, 3.8) is 0 Å². The zero-order valence-corrected chi connectivity index (χ0v) is 17.7. The first kappa shape index (κ1) is 20.2. The molecule has 8 heteroatoms. The van der Waals surface area contributed by atoms with E-state index in [0.717, 1.165) is 95.6 Å². The summed E-state index contributed by atoms with van der Waals surface area (Å²) in [6, 6.07) is 0.580. The van der Waals surface area contributed by atoms with Crippen LogP contribution in [0.1, 0.15) is 49.8 Å². The number of hydrogen-bond acceptors (Lipinski definition) is 7. The second kappa shape index (κ2) is 8.40. The Morgan fingerprint density at radius 2 is 1.93 bits per heavy atom. The van der Waals surface area contributed by atoms with Crippen molar-refractivity contribution in [1.82, 2.24) is 19.8 Å². The normalized spacial score (nSPS) is 27.7. The molecule has 0 saturated carbocycles. The van der Waals surface area contributed by atoms with Gasteiger partial charge in [0.2, 0.25) is 11.9 Å². The van der Waals surface area contributed by atoms with Crippen LogP contribution in [0.2, 0.25) is 0 Å². The molecule has 1 amide bonds. The Hall–Kier alpha value is -1.77. The molecule has 4 aliphatic heterocycles. The summed E-state index contributed by atoms with van der Waals surface area (Å²) in [7, 11) is 0. The summed E-state index contributed by atoms with van der Waals surface area (Å²) in [6.07, 6.45) is 8.51. The van der Waals surface area contributed by atoms with E-state index >= 15 is 0 Å². The predicted octanol–water partition coefficient (Wildman–Crippen LogP) is 1.34. The summed E-state index contributed by atoms with van der Waals surface area (Å²) in [5.41, 5.74) is 7.53. The van der Waals surface area contributed by atoms with Gasteiger partial charge in [-0.05, 0) is 57.1 Å². The SMILES string of the molecule is Nc1ncc2c(n1)C1(CCN(C(=O)C3CCCN(C4CCOCC4)C3)CC1)OCC2. The van der Waals surface area contributed by atoms with Crippen LogP contribution in [0.15, 0.2) is 6.20 Å². The summed E-state index contributed by atoms with van der Waals surface area (Å²) in [5.74, 6) is 0.737. The largest absolute Gasteiger partial charge is 0.381 e. The second-order valence-electron chi connectivity index (χ2n) is 9.20. The molecule has 0 radical (unpaired) electrons. The zero-order valence-electron chi connectivity index (χ0n) is 17.7. The highest BCUT2D eigenvalue weighted by Crippen LogP contribution is 2.41. The van der Waals surface area contributed by atoms with Crippen LogP contribution in [0, 0.1) is 5.92 Å². The van der Waals surface area contributed by atoms with E-state index in [1.807, 2.05) is 6.20 Å². The van der Waals surface area contributed by atoms with Gasteiger partial charge in [0, 0.05) is 45.1 Å². The van der Waals surface area contributed by atoms with Crippen molar-refractivity contribution in [2.45, 2.75) is 56.6 Å². The molecule has 1 aromatic rings. The minimum atomic E-state index is -0.415. The third-order valence-electron chi connectivity index (χ3n) is 7.46. The maximum Gasteiger partial charge on any atom is 0.226 e. The van der Waals surface area contributed by atoms with Gasteiger partial charge in [0.25, 0.3) is 0 Å². The van der Waals surface area contributed by atoms with Gasteiger partial charge in [0.15, 0.2) is 0 Å². The standard InChI is InChI=1S/C22H33N5O3/c23-21-24-14-16-3-13-30-22(19(16)25-21)6-9-26(10-7-22)20(28)17-2-1-8-27(15-17)18-4-11-29-12-5-18/h14,17-18H,1-13,15H2,(H2,23,24,25). The first-order valence-corrected chi connectivity index (χ1v) is 11.5. The maximum absolute atomic E-state index is 13.3. The minimum Gasteiger partial charge on any atom is -0.381 e. The Labute approximate surface area is 178 Å². The van der Waals surface area contributed by atoms with E-state index in [4.69, 9.17) is 15.2 Å². The number of nitrogens with zero attached hydrogens (tertiary/aromatic N) is 4. The molecular weight excluding hydrogens is 382 g/mol.